The summed E-state index contributed by atoms with van der Waals surface area (Å²) in [4.78, 5) is 0. The molecule has 0 saturated heterocycles. The van der Waals surface area contributed by atoms with Gasteiger partial charge < -0.3 is 4.57 Å². The highest BCUT2D eigenvalue weighted by molar-refractivity contribution is 7.02. The molecule has 5 rings (SSSR count). The highest BCUT2D eigenvalue weighted by Crippen LogP contribution is 2.34. The molecule has 0 N–H and O–H groups in total. The Morgan fingerprint density at radius 2 is 1.36 bits per heavy atom. The summed E-state index contributed by atoms with van der Waals surface area (Å²) in [7, 11) is -1.65. The Morgan fingerprint density at radius 1 is 0.682 bits per heavy atom. The lowest BCUT2D eigenvalue weighted by Gasteiger charge is -2.32. The Kier molecular flexibility index (Phi) is 2.17. The van der Waals surface area contributed by atoms with E-state index in [0.717, 1.165) is 0 Å². The van der Waals surface area contributed by atoms with Crippen LogP contribution in [-0.4, -0.2) is 12.6 Å². The van der Waals surface area contributed by atoms with Gasteiger partial charge in [0.2, 0.25) is 0 Å². The van der Waals surface area contributed by atoms with Gasteiger partial charge in [-0.25, -0.2) is 0 Å². The lowest BCUT2D eigenvalue weighted by atomic mass is 10.1. The zero-order valence-corrected chi connectivity index (χ0v) is 13.8. The Labute approximate surface area is 130 Å². The molecule has 0 atom stereocenters. The van der Waals surface area contributed by atoms with Crippen LogP contribution in [0.5, 0.6) is 0 Å². The van der Waals surface area contributed by atoms with Crippen molar-refractivity contribution in [1.29, 1.82) is 0 Å². The predicted octanol–water partition coefficient (Wildman–Crippen LogP) is 3.92. The first-order valence-corrected chi connectivity index (χ1v) is 10.8. The van der Waals surface area contributed by atoms with Gasteiger partial charge in [0.25, 0.3) is 0 Å². The molecule has 0 amide bonds. The molecule has 0 fully saturated rings. The van der Waals surface area contributed by atoms with E-state index < -0.39 is 8.07 Å². The van der Waals surface area contributed by atoms with Gasteiger partial charge in [0.1, 0.15) is 8.07 Å². The third-order valence-electron chi connectivity index (χ3n) is 5.19. The maximum Gasteiger partial charge on any atom is 0.117 e. The van der Waals surface area contributed by atoms with E-state index in [9.17, 15) is 0 Å². The number of benzene rings is 3. The normalized spacial score (nSPS) is 15.2. The van der Waals surface area contributed by atoms with Crippen LogP contribution < -0.4 is 10.4 Å². The summed E-state index contributed by atoms with van der Waals surface area (Å²) in [5, 5.41) is 5.85. The Balaban J connectivity index is 2.15. The van der Waals surface area contributed by atoms with Gasteiger partial charge in [-0.05, 0) is 22.5 Å². The topological polar surface area (TPSA) is 4.93 Å². The minimum Gasteiger partial charge on any atom is -0.309 e. The van der Waals surface area contributed by atoms with E-state index in [2.05, 4.69) is 84.4 Å². The summed E-state index contributed by atoms with van der Waals surface area (Å²) in [5.41, 5.74) is 4.13. The highest BCUT2D eigenvalue weighted by atomic mass is 28.3. The second-order valence-electron chi connectivity index (χ2n) is 6.70. The van der Waals surface area contributed by atoms with Gasteiger partial charge in [0, 0.05) is 16.5 Å². The third kappa shape index (κ3) is 1.29. The third-order valence-corrected chi connectivity index (χ3v) is 8.71. The Bertz CT molecular complexity index is 1060. The number of nitrogens with zero attached hydrogens (tertiary/aromatic N) is 1. The fourth-order valence-electron chi connectivity index (χ4n) is 4.12. The predicted molar refractivity (Wildman–Crippen MR) is 97.5 cm³/mol. The number of hydrogen-bond donors (Lipinski definition) is 0. The van der Waals surface area contributed by atoms with Crippen LogP contribution in [0.3, 0.4) is 0 Å². The smallest absolute Gasteiger partial charge is 0.117 e. The van der Waals surface area contributed by atoms with Crippen molar-refractivity contribution in [3.63, 3.8) is 0 Å². The van der Waals surface area contributed by atoms with Crippen LogP contribution in [0.4, 0.5) is 0 Å². The summed E-state index contributed by atoms with van der Waals surface area (Å²) in [6.07, 6.45) is 0. The first-order chi connectivity index (χ1) is 10.7. The van der Waals surface area contributed by atoms with Crippen molar-refractivity contribution in [3.05, 3.63) is 66.7 Å². The van der Waals surface area contributed by atoms with Gasteiger partial charge >= 0.3 is 0 Å². The number of para-hydroxylation sites is 3. The van der Waals surface area contributed by atoms with Crippen LogP contribution in [0.2, 0.25) is 13.1 Å². The van der Waals surface area contributed by atoms with Crippen molar-refractivity contribution < 1.29 is 0 Å². The molecule has 0 unspecified atom stereocenters. The van der Waals surface area contributed by atoms with E-state index in [-0.39, 0.29) is 0 Å². The minimum atomic E-state index is -1.65. The molecule has 2 heteroatoms. The Hall–Kier alpha value is -2.32. The molecule has 1 nitrogen and oxygen atoms in total. The second-order valence-corrected chi connectivity index (χ2v) is 11.0. The van der Waals surface area contributed by atoms with Crippen LogP contribution >= 0.6 is 0 Å². The highest BCUT2D eigenvalue weighted by Gasteiger charge is 2.36. The molecule has 2 heterocycles. The maximum atomic E-state index is 2.48. The van der Waals surface area contributed by atoms with Crippen molar-refractivity contribution in [1.82, 2.24) is 4.57 Å². The molecule has 4 aromatic rings. The van der Waals surface area contributed by atoms with E-state index in [1.54, 1.807) is 5.19 Å². The number of fused-ring (bicyclic) bond motifs is 5. The molecular weight excluding hydrogens is 282 g/mol. The lowest BCUT2D eigenvalue weighted by Crippen LogP contribution is -2.57. The van der Waals surface area contributed by atoms with Crippen LogP contribution in [0, 0.1) is 0 Å². The zero-order valence-electron chi connectivity index (χ0n) is 12.8. The van der Waals surface area contributed by atoms with E-state index in [4.69, 9.17) is 0 Å². The van der Waals surface area contributed by atoms with Crippen LogP contribution in [0.1, 0.15) is 0 Å². The fraction of sp³-hybridized carbons (Fsp3) is 0.100. The molecule has 0 aliphatic carbocycles. The first kappa shape index (κ1) is 12.2. The summed E-state index contributed by atoms with van der Waals surface area (Å²) >= 11 is 0. The van der Waals surface area contributed by atoms with E-state index in [0.29, 0.717) is 0 Å². The van der Waals surface area contributed by atoms with E-state index in [1.165, 1.54) is 32.7 Å². The average molecular weight is 299 g/mol. The standard InChI is InChI=1S/C20H17NSi/c1-22(2)18-12-6-5-11-17(18)21-16-10-4-3-8-14(16)15-9-7-13-19(22)20(15)21/h3-13H,1-2H3. The maximum absolute atomic E-state index is 2.48. The summed E-state index contributed by atoms with van der Waals surface area (Å²) < 4.78 is 2.48. The SMILES string of the molecule is C[Si]1(C)c2ccccc2-n2c3ccccc3c3cccc1c32. The molecule has 0 bridgehead atoms. The van der Waals surface area contributed by atoms with Crippen molar-refractivity contribution in [2.24, 2.45) is 0 Å². The summed E-state index contributed by atoms with van der Waals surface area (Å²) in [6.45, 7) is 4.95. The van der Waals surface area contributed by atoms with Gasteiger partial charge in [-0.2, -0.15) is 0 Å². The molecule has 0 saturated carbocycles. The monoisotopic (exact) mass is 299 g/mol. The van der Waals surface area contributed by atoms with Crippen LogP contribution in [-0.2, 0) is 0 Å². The minimum absolute atomic E-state index is 1.32. The average Bonchev–Trinajstić information content (AvgIpc) is 2.88. The molecule has 1 aliphatic rings. The van der Waals surface area contributed by atoms with Gasteiger partial charge in [-0.15, -0.1) is 0 Å². The number of hydrogen-bond acceptors (Lipinski definition) is 0. The van der Waals surface area contributed by atoms with Crippen LogP contribution in [0.25, 0.3) is 27.5 Å². The van der Waals surface area contributed by atoms with Crippen molar-refractivity contribution >= 4 is 40.3 Å². The van der Waals surface area contributed by atoms with Gasteiger partial charge in [-0.1, -0.05) is 67.7 Å². The molecule has 1 aliphatic heterocycles. The summed E-state index contributed by atoms with van der Waals surface area (Å²) in [5.74, 6) is 0. The number of aromatic nitrogens is 1. The van der Waals surface area contributed by atoms with Gasteiger partial charge in [0.05, 0.1) is 11.0 Å². The number of rotatable bonds is 0. The quantitative estimate of drug-likeness (QED) is 0.434. The molecule has 3 aromatic carbocycles. The first-order valence-electron chi connectivity index (χ1n) is 7.82. The Morgan fingerprint density at radius 3 is 2.27 bits per heavy atom. The van der Waals surface area contributed by atoms with E-state index >= 15 is 0 Å². The molecule has 1 aromatic heterocycles. The molecular formula is C20H17NSi. The fourth-order valence-corrected chi connectivity index (χ4v) is 7.11. The summed E-state index contributed by atoms with van der Waals surface area (Å²) in [6, 6.07) is 24.6. The zero-order chi connectivity index (χ0) is 14.9. The second kappa shape index (κ2) is 3.90. The molecule has 22 heavy (non-hydrogen) atoms. The van der Waals surface area contributed by atoms with Crippen molar-refractivity contribution in [2.45, 2.75) is 13.1 Å². The largest absolute Gasteiger partial charge is 0.309 e. The van der Waals surface area contributed by atoms with Crippen molar-refractivity contribution in [2.75, 3.05) is 0 Å². The van der Waals surface area contributed by atoms with Gasteiger partial charge in [-0.3, -0.25) is 0 Å². The molecule has 0 radical (unpaired) electrons. The molecule has 0 spiro atoms. The van der Waals surface area contributed by atoms with Crippen LogP contribution in [0.15, 0.2) is 66.7 Å². The molecule has 106 valence electrons. The lowest BCUT2D eigenvalue weighted by molar-refractivity contribution is 1.18. The van der Waals surface area contributed by atoms with E-state index in [1.807, 2.05) is 0 Å². The van der Waals surface area contributed by atoms with Crippen molar-refractivity contribution in [3.8, 4) is 5.69 Å². The van der Waals surface area contributed by atoms with Gasteiger partial charge in [0.15, 0.2) is 0 Å².